The van der Waals surface area contributed by atoms with Crippen molar-refractivity contribution < 1.29 is 4.74 Å². The van der Waals surface area contributed by atoms with Crippen LogP contribution in [-0.4, -0.2) is 36.1 Å². The third-order valence-electron chi connectivity index (χ3n) is 5.31. The number of aromatic nitrogens is 2. The van der Waals surface area contributed by atoms with Gasteiger partial charge in [0.1, 0.15) is 0 Å². The van der Waals surface area contributed by atoms with Crippen LogP contribution in [0.2, 0.25) is 0 Å². The quantitative estimate of drug-likeness (QED) is 0.578. The van der Waals surface area contributed by atoms with E-state index < -0.39 is 0 Å². The maximum absolute atomic E-state index is 5.36. The third-order valence-corrected chi connectivity index (χ3v) is 6.23. The van der Waals surface area contributed by atoms with Gasteiger partial charge in [0, 0.05) is 48.9 Å². The summed E-state index contributed by atoms with van der Waals surface area (Å²) >= 11 is 1.82. The lowest BCUT2D eigenvalue weighted by molar-refractivity contribution is 0.188. The molecule has 0 radical (unpaired) electrons. The monoisotopic (exact) mass is 403 g/mol. The van der Waals surface area contributed by atoms with E-state index in [1.807, 2.05) is 18.0 Å². The van der Waals surface area contributed by atoms with Gasteiger partial charge in [-0.05, 0) is 36.8 Å². The fourth-order valence-corrected chi connectivity index (χ4v) is 4.80. The van der Waals surface area contributed by atoms with E-state index in [0.29, 0.717) is 6.61 Å². The van der Waals surface area contributed by atoms with Gasteiger partial charge in [-0.25, -0.2) is 4.98 Å². The van der Waals surface area contributed by atoms with E-state index in [9.17, 15) is 0 Å². The molecule has 0 bridgehead atoms. The van der Waals surface area contributed by atoms with Crippen LogP contribution in [0.1, 0.15) is 16.8 Å². The number of fused-ring (bicyclic) bond motifs is 2. The molecule has 0 saturated heterocycles. The average molecular weight is 404 g/mol. The van der Waals surface area contributed by atoms with Crippen molar-refractivity contribution in [1.82, 2.24) is 9.55 Å². The molecule has 0 fully saturated rings. The van der Waals surface area contributed by atoms with Crippen molar-refractivity contribution in [2.45, 2.75) is 31.3 Å². The van der Waals surface area contributed by atoms with Gasteiger partial charge < -0.3 is 14.2 Å². The fourth-order valence-electron chi connectivity index (χ4n) is 4.01. The summed E-state index contributed by atoms with van der Waals surface area (Å²) in [6.45, 7) is 5.69. The van der Waals surface area contributed by atoms with Gasteiger partial charge in [-0.1, -0.05) is 24.3 Å². The maximum atomic E-state index is 5.36. The van der Waals surface area contributed by atoms with Crippen LogP contribution in [0.5, 0.6) is 0 Å². The van der Waals surface area contributed by atoms with E-state index in [1.54, 1.807) is 7.11 Å². The zero-order valence-electron chi connectivity index (χ0n) is 16.1. The molecule has 1 aromatic carbocycles. The van der Waals surface area contributed by atoms with E-state index in [2.05, 4.69) is 53.0 Å². The van der Waals surface area contributed by atoms with E-state index in [4.69, 9.17) is 9.72 Å². The highest BCUT2D eigenvalue weighted by Gasteiger charge is 2.23. The highest BCUT2D eigenvalue weighted by molar-refractivity contribution is 7.98. The number of hydrogen-bond donors (Lipinski definition) is 0. The van der Waals surface area contributed by atoms with Gasteiger partial charge in [0.15, 0.2) is 5.82 Å². The first-order valence-electron chi connectivity index (χ1n) is 9.07. The molecule has 3 aromatic rings. The summed E-state index contributed by atoms with van der Waals surface area (Å²) in [6, 6.07) is 10.9. The standard InChI is InChI=1S/C21H25N3OS.ClH/c1-15-20(26-3)18-8-10-22-21(19(18)24(15)12-13-25-2)23-11-9-16-6-4-5-7-17(16)14-23;/h4-8,10H,9,11-14H2,1-3H3;1H. The first-order valence-corrected chi connectivity index (χ1v) is 10.3. The molecule has 4 rings (SSSR count). The highest BCUT2D eigenvalue weighted by atomic mass is 35.5. The lowest BCUT2D eigenvalue weighted by atomic mass is 10.00. The molecule has 6 heteroatoms. The SMILES string of the molecule is COCCn1c(C)c(SC)c2ccnc(N3CCc4ccccc4C3)c21.Cl. The molecule has 0 saturated carbocycles. The predicted molar refractivity (Wildman–Crippen MR) is 117 cm³/mol. The van der Waals surface area contributed by atoms with Crippen molar-refractivity contribution in [3.05, 3.63) is 53.3 Å². The number of methoxy groups -OCH3 is 1. The molecule has 144 valence electrons. The largest absolute Gasteiger partial charge is 0.383 e. The molecule has 0 aliphatic carbocycles. The zero-order valence-corrected chi connectivity index (χ0v) is 17.7. The summed E-state index contributed by atoms with van der Waals surface area (Å²) in [7, 11) is 1.76. The molecule has 3 heterocycles. The van der Waals surface area contributed by atoms with Gasteiger partial charge in [0.2, 0.25) is 0 Å². The fraction of sp³-hybridized carbons (Fsp3) is 0.381. The van der Waals surface area contributed by atoms with Crippen LogP contribution in [-0.2, 0) is 24.2 Å². The predicted octanol–water partition coefficient (Wildman–Crippen LogP) is 4.70. The van der Waals surface area contributed by atoms with Crippen LogP contribution in [0.3, 0.4) is 0 Å². The summed E-state index contributed by atoms with van der Waals surface area (Å²) in [4.78, 5) is 8.59. The van der Waals surface area contributed by atoms with E-state index in [-0.39, 0.29) is 12.4 Å². The van der Waals surface area contributed by atoms with Crippen LogP contribution < -0.4 is 4.90 Å². The van der Waals surface area contributed by atoms with E-state index >= 15 is 0 Å². The van der Waals surface area contributed by atoms with Crippen molar-refractivity contribution >= 4 is 40.9 Å². The molecular formula is C21H26ClN3OS. The molecule has 0 N–H and O–H groups in total. The van der Waals surface area contributed by atoms with Crippen LogP contribution in [0.4, 0.5) is 5.82 Å². The normalized spacial score (nSPS) is 13.5. The Morgan fingerprint density at radius 3 is 2.70 bits per heavy atom. The summed E-state index contributed by atoms with van der Waals surface area (Å²) in [5.74, 6) is 1.09. The van der Waals surface area contributed by atoms with Crippen molar-refractivity contribution in [2.24, 2.45) is 0 Å². The average Bonchev–Trinajstić information content (AvgIpc) is 2.96. The number of halogens is 1. The molecule has 0 atom stereocenters. The Balaban J connectivity index is 0.00000210. The second-order valence-corrected chi connectivity index (χ2v) is 7.55. The van der Waals surface area contributed by atoms with Gasteiger partial charge in [0.05, 0.1) is 12.1 Å². The van der Waals surface area contributed by atoms with E-state index in [0.717, 1.165) is 31.9 Å². The first-order chi connectivity index (χ1) is 12.7. The summed E-state index contributed by atoms with van der Waals surface area (Å²) in [5.41, 5.74) is 5.42. The first kappa shape index (κ1) is 20.1. The number of nitrogens with zero attached hydrogens (tertiary/aromatic N) is 3. The molecule has 1 aliphatic heterocycles. The number of pyridine rings is 1. The Morgan fingerprint density at radius 1 is 1.19 bits per heavy atom. The highest BCUT2D eigenvalue weighted by Crippen LogP contribution is 2.37. The second kappa shape index (κ2) is 8.55. The lowest BCUT2D eigenvalue weighted by Crippen LogP contribution is -2.31. The molecule has 0 unspecified atom stereocenters. The minimum Gasteiger partial charge on any atom is -0.383 e. The minimum atomic E-state index is 0. The number of ether oxygens (including phenoxy) is 1. The minimum absolute atomic E-state index is 0. The molecule has 2 aromatic heterocycles. The van der Waals surface area contributed by atoms with Crippen molar-refractivity contribution in [1.29, 1.82) is 0 Å². The van der Waals surface area contributed by atoms with Gasteiger partial charge in [0.25, 0.3) is 0 Å². The smallest absolute Gasteiger partial charge is 0.153 e. The molecule has 1 aliphatic rings. The Bertz CT molecular complexity index is 941. The summed E-state index contributed by atoms with van der Waals surface area (Å²) in [5, 5.41) is 1.30. The Labute approximate surface area is 171 Å². The molecule has 0 amide bonds. The summed E-state index contributed by atoms with van der Waals surface area (Å²) in [6.07, 6.45) is 5.18. The molecule has 4 nitrogen and oxygen atoms in total. The van der Waals surface area contributed by atoms with Crippen molar-refractivity contribution in [3.63, 3.8) is 0 Å². The third kappa shape index (κ3) is 3.56. The van der Waals surface area contributed by atoms with Gasteiger partial charge in [-0.3, -0.25) is 0 Å². The number of benzene rings is 1. The van der Waals surface area contributed by atoms with Crippen molar-refractivity contribution in [3.8, 4) is 0 Å². The topological polar surface area (TPSA) is 30.3 Å². The number of hydrogen-bond acceptors (Lipinski definition) is 4. The Morgan fingerprint density at radius 2 is 1.96 bits per heavy atom. The number of thioether (sulfide) groups is 1. The second-order valence-electron chi connectivity index (χ2n) is 6.73. The molecule has 27 heavy (non-hydrogen) atoms. The Hall–Kier alpha value is -1.69. The number of anilines is 1. The van der Waals surface area contributed by atoms with Gasteiger partial charge >= 0.3 is 0 Å². The lowest BCUT2D eigenvalue weighted by Gasteiger charge is -2.30. The molecular weight excluding hydrogens is 378 g/mol. The van der Waals surface area contributed by atoms with Gasteiger partial charge in [-0.2, -0.15) is 0 Å². The number of rotatable bonds is 5. The van der Waals surface area contributed by atoms with Crippen molar-refractivity contribution in [2.75, 3.05) is 31.4 Å². The zero-order chi connectivity index (χ0) is 18.1. The van der Waals surface area contributed by atoms with Crippen LogP contribution in [0.15, 0.2) is 41.4 Å². The molecule has 0 spiro atoms. The Kier molecular flexibility index (Phi) is 6.35. The van der Waals surface area contributed by atoms with Crippen LogP contribution in [0.25, 0.3) is 10.9 Å². The van der Waals surface area contributed by atoms with E-state index in [1.165, 1.54) is 32.6 Å². The van der Waals surface area contributed by atoms with Crippen LogP contribution >= 0.6 is 24.2 Å². The maximum Gasteiger partial charge on any atom is 0.153 e. The summed E-state index contributed by atoms with van der Waals surface area (Å²) < 4.78 is 7.75. The van der Waals surface area contributed by atoms with Gasteiger partial charge in [-0.15, -0.1) is 24.2 Å². The van der Waals surface area contributed by atoms with Crippen LogP contribution in [0, 0.1) is 6.92 Å².